The van der Waals surface area contributed by atoms with E-state index in [9.17, 15) is 0 Å². The van der Waals surface area contributed by atoms with Crippen molar-refractivity contribution in [2.24, 2.45) is 0 Å². The van der Waals surface area contributed by atoms with E-state index in [1.54, 1.807) is 0 Å². The first-order chi connectivity index (χ1) is 46.7. The quantitative estimate of drug-likeness (QED) is 0.134. The summed E-state index contributed by atoms with van der Waals surface area (Å²) in [6.07, 6.45) is 0. The molecule has 0 saturated heterocycles. The summed E-state index contributed by atoms with van der Waals surface area (Å²) in [4.78, 5) is 12.5. The summed E-state index contributed by atoms with van der Waals surface area (Å²) in [5.74, 6) is 1.66. The Morgan fingerprint density at radius 1 is 0.266 bits per heavy atom. The van der Waals surface area contributed by atoms with Gasteiger partial charge in [0.15, 0.2) is 0 Å². The second-order valence-corrected chi connectivity index (χ2v) is 26.8. The average molecular weight is 1230 g/mol. The lowest BCUT2D eigenvalue weighted by molar-refractivity contribution is 0.488. The Bertz CT molecular complexity index is 5730. The highest BCUT2D eigenvalue weighted by molar-refractivity contribution is 7.26. The number of nitrogens with zero attached hydrogens (tertiary/aromatic N) is 5. The predicted molar refractivity (Wildman–Crippen MR) is 401 cm³/mol. The molecule has 2 aromatic heterocycles. The highest BCUT2D eigenvalue weighted by atomic mass is 32.1. The number of para-hydroxylation sites is 7. The van der Waals surface area contributed by atoms with Crippen LogP contribution >= 0.6 is 22.7 Å². The van der Waals surface area contributed by atoms with E-state index in [0.717, 1.165) is 108 Å². The molecular formula is C84H53B2N5OS2. The smallest absolute Gasteiger partial charge is 0.256 e. The molecule has 6 heterocycles. The van der Waals surface area contributed by atoms with E-state index in [4.69, 9.17) is 4.74 Å². The molecule has 20 rings (SSSR count). The summed E-state index contributed by atoms with van der Waals surface area (Å²) in [6, 6.07) is 119. The van der Waals surface area contributed by atoms with Crippen LogP contribution in [0.25, 0.3) is 40.3 Å². The van der Waals surface area contributed by atoms with Crippen molar-refractivity contribution in [2.45, 2.75) is 0 Å². The SMILES string of the molecule is c1ccc(N2c3ccccc3B3c4cc5c(cc4Oc4cc(N(c6ccccc6)c6cccc7sc8ccccc8c67)cc2c43)N(c2ccccc2)c2cc(N(c3ccccc3)c3cccc4sc6ccccc6c34)cc3c2B5c2ccccc2N3c2ccccc2)cc1. The van der Waals surface area contributed by atoms with Crippen molar-refractivity contribution in [1.82, 2.24) is 0 Å². The largest absolute Gasteiger partial charge is 0.458 e. The molecule has 0 bridgehead atoms. The molecule has 0 unspecified atom stereocenters. The van der Waals surface area contributed by atoms with Gasteiger partial charge >= 0.3 is 0 Å². The second kappa shape index (κ2) is 21.0. The van der Waals surface area contributed by atoms with Crippen LogP contribution in [-0.4, -0.2) is 13.4 Å². The number of hydrogen-bond acceptors (Lipinski definition) is 8. The molecule has 0 spiro atoms. The fraction of sp³-hybridized carbons (Fsp3) is 0. The van der Waals surface area contributed by atoms with Crippen molar-refractivity contribution >= 4 is 195 Å². The molecule has 10 heteroatoms. The molecule has 0 fully saturated rings. The molecule has 4 aliphatic rings. The number of benzene rings is 14. The van der Waals surface area contributed by atoms with Gasteiger partial charge in [-0.05, 0) is 160 Å². The normalized spacial score (nSPS) is 13.1. The van der Waals surface area contributed by atoms with Crippen LogP contribution in [0.5, 0.6) is 11.5 Å². The van der Waals surface area contributed by atoms with Crippen molar-refractivity contribution in [3.8, 4) is 11.5 Å². The lowest BCUT2D eigenvalue weighted by Crippen LogP contribution is -2.64. The van der Waals surface area contributed by atoms with Crippen molar-refractivity contribution in [1.29, 1.82) is 0 Å². The molecule has 0 radical (unpaired) electrons. The zero-order chi connectivity index (χ0) is 61.5. The van der Waals surface area contributed by atoms with Crippen LogP contribution in [0.1, 0.15) is 0 Å². The van der Waals surface area contributed by atoms with Gasteiger partial charge in [-0.15, -0.1) is 22.7 Å². The first-order valence-corrected chi connectivity index (χ1v) is 33.8. The zero-order valence-corrected chi connectivity index (χ0v) is 52.3. The molecule has 438 valence electrons. The Kier molecular flexibility index (Phi) is 11.9. The van der Waals surface area contributed by atoms with Crippen molar-refractivity contribution < 1.29 is 4.74 Å². The Hall–Kier alpha value is -11.6. The standard InChI is InChI=1S/C84H53B2N5OS2/c1-6-26-54(27-7-1)87(69-42-24-46-79-81(69)61-36-16-22-44-77(61)93-79)59-48-72-83-73(49-59)91(58-34-14-5-15-35-58)71-53-75-66(52-65(71)85(83)63-38-18-20-40-67(63)89(72)56-30-10-3-11-31-56)86-64-39-19-21-41-68(64)90(57-32-12-4-13-33-57)74-50-60(51-76(92-75)84(74)86)88(55-28-8-2-9-29-55)70-43-25-47-80-82(70)62-37-17-23-45-78(62)94-80/h1-53H. The summed E-state index contributed by atoms with van der Waals surface area (Å²) < 4.78 is 12.9. The van der Waals surface area contributed by atoms with Crippen LogP contribution in [0.4, 0.5) is 85.3 Å². The van der Waals surface area contributed by atoms with E-state index in [1.807, 2.05) is 22.7 Å². The van der Waals surface area contributed by atoms with E-state index in [2.05, 4.69) is 346 Å². The number of fused-ring (bicyclic) bond motifs is 14. The third-order valence-corrected chi connectivity index (χ3v) is 21.8. The third kappa shape index (κ3) is 7.97. The number of ether oxygens (including phenoxy) is 1. The van der Waals surface area contributed by atoms with E-state index >= 15 is 0 Å². The molecule has 6 nitrogen and oxygen atoms in total. The minimum atomic E-state index is -0.193. The maximum atomic E-state index is 7.87. The second-order valence-electron chi connectivity index (χ2n) is 24.7. The van der Waals surface area contributed by atoms with Gasteiger partial charge in [-0.3, -0.25) is 0 Å². The molecule has 0 saturated carbocycles. The summed E-state index contributed by atoms with van der Waals surface area (Å²) in [5, 5.41) is 4.96. The summed E-state index contributed by atoms with van der Waals surface area (Å²) in [5.41, 5.74) is 23.5. The Morgan fingerprint density at radius 2 is 0.660 bits per heavy atom. The molecule has 16 aromatic rings. The summed E-state index contributed by atoms with van der Waals surface area (Å²) in [6.45, 7) is -0.370. The van der Waals surface area contributed by atoms with Crippen LogP contribution in [-0.2, 0) is 0 Å². The average Bonchev–Trinajstić information content (AvgIpc) is 0.888. The van der Waals surface area contributed by atoms with Crippen LogP contribution in [0.3, 0.4) is 0 Å². The van der Waals surface area contributed by atoms with E-state index < -0.39 is 0 Å². The highest BCUT2D eigenvalue weighted by Crippen LogP contribution is 2.53. The first kappa shape index (κ1) is 53.1. The maximum absolute atomic E-state index is 7.87. The van der Waals surface area contributed by atoms with Gasteiger partial charge in [-0.1, -0.05) is 182 Å². The molecule has 94 heavy (non-hydrogen) atoms. The molecule has 0 aliphatic carbocycles. The van der Waals surface area contributed by atoms with Crippen LogP contribution < -0.4 is 62.0 Å². The third-order valence-electron chi connectivity index (χ3n) is 19.6. The Balaban J connectivity index is 0.864. The van der Waals surface area contributed by atoms with Gasteiger partial charge < -0.3 is 29.2 Å². The van der Waals surface area contributed by atoms with E-state index in [-0.39, 0.29) is 13.4 Å². The van der Waals surface area contributed by atoms with Crippen molar-refractivity contribution in [2.75, 3.05) is 24.5 Å². The topological polar surface area (TPSA) is 25.4 Å². The maximum Gasteiger partial charge on any atom is 0.256 e. The molecule has 0 atom stereocenters. The number of hydrogen-bond donors (Lipinski definition) is 0. The number of thiophene rings is 2. The molecular weight excluding hydrogens is 1180 g/mol. The van der Waals surface area contributed by atoms with E-state index in [1.165, 1.54) is 62.2 Å². The van der Waals surface area contributed by atoms with Crippen molar-refractivity contribution in [3.05, 3.63) is 322 Å². The van der Waals surface area contributed by atoms with Crippen molar-refractivity contribution in [3.63, 3.8) is 0 Å². The summed E-state index contributed by atoms with van der Waals surface area (Å²) >= 11 is 3.70. The van der Waals surface area contributed by atoms with Gasteiger partial charge in [0, 0.05) is 115 Å². The minimum absolute atomic E-state index is 0.178. The highest BCUT2D eigenvalue weighted by Gasteiger charge is 2.48. The molecule has 0 N–H and O–H groups in total. The molecule has 0 amide bonds. The minimum Gasteiger partial charge on any atom is -0.458 e. The zero-order valence-electron chi connectivity index (χ0n) is 50.7. The van der Waals surface area contributed by atoms with Crippen LogP contribution in [0.15, 0.2) is 322 Å². The first-order valence-electron chi connectivity index (χ1n) is 32.1. The van der Waals surface area contributed by atoms with Gasteiger partial charge in [0.1, 0.15) is 11.5 Å². The van der Waals surface area contributed by atoms with Crippen LogP contribution in [0, 0.1) is 0 Å². The lowest BCUT2D eigenvalue weighted by Gasteiger charge is -2.46. The van der Waals surface area contributed by atoms with Gasteiger partial charge in [-0.2, -0.15) is 0 Å². The number of rotatable bonds is 9. The monoisotopic (exact) mass is 1230 g/mol. The van der Waals surface area contributed by atoms with Gasteiger partial charge in [0.25, 0.3) is 13.4 Å². The Morgan fingerprint density at radius 3 is 1.16 bits per heavy atom. The fourth-order valence-electron chi connectivity index (χ4n) is 15.8. The van der Waals surface area contributed by atoms with E-state index in [0.29, 0.717) is 0 Å². The Labute approximate surface area is 553 Å². The fourth-order valence-corrected chi connectivity index (χ4v) is 18.1. The van der Waals surface area contributed by atoms with Crippen LogP contribution in [0.2, 0.25) is 0 Å². The predicted octanol–water partition coefficient (Wildman–Crippen LogP) is 19.8. The molecule has 4 aliphatic heterocycles. The molecule has 14 aromatic carbocycles. The number of anilines is 15. The van der Waals surface area contributed by atoms with Gasteiger partial charge in [0.2, 0.25) is 0 Å². The summed E-state index contributed by atoms with van der Waals surface area (Å²) in [7, 11) is 0. The van der Waals surface area contributed by atoms with Gasteiger partial charge in [0.05, 0.1) is 22.7 Å². The van der Waals surface area contributed by atoms with Gasteiger partial charge in [-0.25, -0.2) is 0 Å². The lowest BCUT2D eigenvalue weighted by atomic mass is 9.30.